The first-order chi connectivity index (χ1) is 13.3. The number of benzene rings is 2. The molecule has 0 aliphatic heterocycles. The first-order valence-corrected chi connectivity index (χ1v) is 16.8. The quantitative estimate of drug-likeness (QED) is 0.248. The van der Waals surface area contributed by atoms with E-state index in [1.54, 1.807) is 11.1 Å². The average Bonchev–Trinajstić information content (AvgIpc) is 3.32. The Hall–Kier alpha value is -0.877. The van der Waals surface area contributed by atoms with E-state index in [4.69, 9.17) is 0 Å². The molecule has 0 N–H and O–H groups in total. The van der Waals surface area contributed by atoms with Crippen molar-refractivity contribution in [3.05, 3.63) is 95.6 Å². The Balaban J connectivity index is 0.00000150. The summed E-state index contributed by atoms with van der Waals surface area (Å²) in [6.45, 7) is 6.55. The summed E-state index contributed by atoms with van der Waals surface area (Å²) in [5, 5.41) is 0. The number of rotatable bonds is 8. The van der Waals surface area contributed by atoms with Gasteiger partial charge in [-0.2, -0.15) is 0 Å². The first kappa shape index (κ1) is 24.4. The summed E-state index contributed by atoms with van der Waals surface area (Å²) in [5.74, 6) is 0. The number of unbranched alkanes of at least 4 members (excludes halogenated alkanes) is 2. The Morgan fingerprint density at radius 3 is 1.83 bits per heavy atom. The van der Waals surface area contributed by atoms with E-state index in [1.165, 1.54) is 38.6 Å². The van der Waals surface area contributed by atoms with Crippen LogP contribution >= 0.6 is 24.8 Å². The summed E-state index contributed by atoms with van der Waals surface area (Å²) < 4.78 is 4.02. The third-order valence-corrected chi connectivity index (χ3v) is 20.9. The number of halogens is 2. The number of hydrogen-bond acceptors (Lipinski definition) is 0. The van der Waals surface area contributed by atoms with Crippen molar-refractivity contribution in [2.24, 2.45) is 0 Å². The molecule has 0 bridgehead atoms. The molecule has 154 valence electrons. The Morgan fingerprint density at radius 1 is 0.828 bits per heavy atom. The summed E-state index contributed by atoms with van der Waals surface area (Å²) >= 11 is -2.74. The smallest absolute Gasteiger partial charge is 0.147 e. The molecular formula is C26H32Cl2Zr. The van der Waals surface area contributed by atoms with Crippen molar-refractivity contribution in [2.75, 3.05) is 0 Å². The molecule has 0 saturated carbocycles. The average molecular weight is 507 g/mol. The molecular weight excluding hydrogens is 474 g/mol. The normalized spacial score (nSPS) is 20.2. The largest absolute Gasteiger partial charge is 0.147 e. The van der Waals surface area contributed by atoms with Crippen LogP contribution in [0.4, 0.5) is 0 Å². The second kappa shape index (κ2) is 10.9. The van der Waals surface area contributed by atoms with Crippen LogP contribution in [0.1, 0.15) is 55.7 Å². The van der Waals surface area contributed by atoms with E-state index < -0.39 is 20.3 Å². The maximum Gasteiger partial charge on any atom is -0.147 e. The molecule has 0 nitrogen and oxygen atoms in total. The summed E-state index contributed by atoms with van der Waals surface area (Å²) in [7, 11) is 0. The van der Waals surface area contributed by atoms with Crippen molar-refractivity contribution in [3.8, 4) is 0 Å². The third kappa shape index (κ3) is 4.58. The minimum absolute atomic E-state index is 0. The van der Waals surface area contributed by atoms with Gasteiger partial charge in [-0.25, -0.2) is 0 Å². The van der Waals surface area contributed by atoms with Crippen LogP contribution in [0.15, 0.2) is 73.3 Å². The van der Waals surface area contributed by atoms with Crippen molar-refractivity contribution >= 4 is 37.0 Å². The SMILES string of the molecule is C=C[CH2][Zr]([CH2]CCCC)([CH]1C=Cc2ccccc21)[CH]1C=Cc2ccccc21.Cl.Cl. The van der Waals surface area contributed by atoms with Crippen LogP contribution in [0.5, 0.6) is 0 Å². The van der Waals surface area contributed by atoms with E-state index in [9.17, 15) is 0 Å². The van der Waals surface area contributed by atoms with E-state index in [2.05, 4.69) is 92.4 Å². The molecule has 2 aromatic carbocycles. The van der Waals surface area contributed by atoms with Crippen LogP contribution in [0.2, 0.25) is 8.26 Å². The van der Waals surface area contributed by atoms with Gasteiger partial charge in [-0.1, -0.05) is 0 Å². The van der Waals surface area contributed by atoms with Gasteiger partial charge in [0.15, 0.2) is 0 Å². The van der Waals surface area contributed by atoms with Gasteiger partial charge in [0, 0.05) is 0 Å². The minimum atomic E-state index is -2.74. The van der Waals surface area contributed by atoms with Crippen LogP contribution in [-0.4, -0.2) is 0 Å². The summed E-state index contributed by atoms with van der Waals surface area (Å²) in [6, 6.07) is 18.2. The van der Waals surface area contributed by atoms with Crippen LogP contribution in [0, 0.1) is 0 Å². The van der Waals surface area contributed by atoms with Gasteiger partial charge in [-0.15, -0.1) is 24.8 Å². The molecule has 3 heteroatoms. The Kier molecular flexibility index (Phi) is 9.21. The topological polar surface area (TPSA) is 0 Å². The van der Waals surface area contributed by atoms with Gasteiger partial charge in [0.05, 0.1) is 0 Å². The zero-order valence-corrected chi connectivity index (χ0v) is 21.3. The van der Waals surface area contributed by atoms with E-state index >= 15 is 0 Å². The Bertz CT molecular complexity index is 822. The van der Waals surface area contributed by atoms with Gasteiger partial charge < -0.3 is 0 Å². The molecule has 0 radical (unpaired) electrons. The maximum atomic E-state index is 4.23. The van der Waals surface area contributed by atoms with Crippen molar-refractivity contribution in [2.45, 2.75) is 41.7 Å². The molecule has 0 amide bonds. The summed E-state index contributed by atoms with van der Waals surface area (Å²) in [6.07, 6.45) is 16.2. The Labute approximate surface area is 193 Å². The fourth-order valence-corrected chi connectivity index (χ4v) is 19.8. The van der Waals surface area contributed by atoms with Gasteiger partial charge in [-0.3, -0.25) is 0 Å². The first-order valence-electron chi connectivity index (χ1n) is 10.5. The van der Waals surface area contributed by atoms with Crippen molar-refractivity contribution in [1.82, 2.24) is 0 Å². The zero-order valence-electron chi connectivity index (χ0n) is 17.2. The van der Waals surface area contributed by atoms with Gasteiger partial charge in [-0.05, 0) is 0 Å². The number of allylic oxidation sites excluding steroid dienone is 3. The van der Waals surface area contributed by atoms with Gasteiger partial charge >= 0.3 is 170 Å². The number of fused-ring (bicyclic) bond motifs is 2. The van der Waals surface area contributed by atoms with Crippen molar-refractivity contribution in [3.63, 3.8) is 0 Å². The molecule has 29 heavy (non-hydrogen) atoms. The van der Waals surface area contributed by atoms with Crippen LogP contribution in [0.25, 0.3) is 12.2 Å². The molecule has 2 atom stereocenters. The standard InChI is InChI=1S/2C9H7.C5H11.C3H5.2ClH.Zr/c2*1-2-5-9-7-3-6-8(9)4-1;1-3-5-4-2;1-3-2;;;/h2*1-7H;1,3-5H2,2H3;3H,1-2H2;2*1H;. The molecule has 2 aliphatic rings. The fourth-order valence-electron chi connectivity index (χ4n) is 5.33. The van der Waals surface area contributed by atoms with Gasteiger partial charge in [0.25, 0.3) is 0 Å². The third-order valence-electron chi connectivity index (χ3n) is 6.61. The zero-order chi connectivity index (χ0) is 18.7. The summed E-state index contributed by atoms with van der Waals surface area (Å²) in [4.78, 5) is 0. The predicted octanol–water partition coefficient (Wildman–Crippen LogP) is 8.73. The van der Waals surface area contributed by atoms with Crippen molar-refractivity contribution < 1.29 is 20.3 Å². The molecule has 0 saturated heterocycles. The molecule has 0 spiro atoms. The Morgan fingerprint density at radius 2 is 1.34 bits per heavy atom. The fraction of sp³-hybridized carbons (Fsp3) is 0.308. The van der Waals surface area contributed by atoms with E-state index in [1.807, 2.05) is 0 Å². The van der Waals surface area contributed by atoms with Gasteiger partial charge in [0.1, 0.15) is 0 Å². The predicted molar refractivity (Wildman–Crippen MR) is 130 cm³/mol. The monoisotopic (exact) mass is 504 g/mol. The minimum Gasteiger partial charge on any atom is -0.147 e. The van der Waals surface area contributed by atoms with Crippen molar-refractivity contribution in [1.29, 1.82) is 0 Å². The van der Waals surface area contributed by atoms with E-state index in [-0.39, 0.29) is 24.8 Å². The molecule has 4 rings (SSSR count). The van der Waals surface area contributed by atoms with Crippen LogP contribution < -0.4 is 0 Å². The second-order valence-corrected chi connectivity index (χ2v) is 19.5. The maximum absolute atomic E-state index is 4.23. The van der Waals surface area contributed by atoms with Crippen LogP contribution in [0.3, 0.4) is 0 Å². The molecule has 0 fully saturated rings. The van der Waals surface area contributed by atoms with Gasteiger partial charge in [0.2, 0.25) is 0 Å². The van der Waals surface area contributed by atoms with Crippen LogP contribution in [-0.2, 0) is 20.3 Å². The molecule has 2 unspecified atom stereocenters. The molecule has 0 heterocycles. The van der Waals surface area contributed by atoms with E-state index in [0.29, 0.717) is 7.25 Å². The van der Waals surface area contributed by atoms with E-state index in [0.717, 1.165) is 0 Å². The summed E-state index contributed by atoms with van der Waals surface area (Å²) in [5.41, 5.74) is 6.06. The molecule has 2 aliphatic carbocycles. The second-order valence-electron chi connectivity index (χ2n) is 8.11. The number of hydrogen-bond donors (Lipinski definition) is 0. The molecule has 2 aromatic rings. The molecule has 0 aromatic heterocycles.